The smallest absolute Gasteiger partial charge is 0.314 e. The van der Waals surface area contributed by atoms with Crippen LogP contribution in [0.15, 0.2) is 48.1 Å². The fourth-order valence-electron chi connectivity index (χ4n) is 4.11. The Bertz CT molecular complexity index is 1000. The average Bonchev–Trinajstić information content (AvgIpc) is 3.37. The molecule has 1 saturated heterocycles. The number of piperidine rings is 1. The van der Waals surface area contributed by atoms with Gasteiger partial charge in [-0.1, -0.05) is 18.2 Å². The lowest BCUT2D eigenvalue weighted by Crippen LogP contribution is -2.51. The first-order valence-electron chi connectivity index (χ1n) is 10.6. The van der Waals surface area contributed by atoms with Gasteiger partial charge in [-0.25, -0.2) is 4.98 Å². The average molecular weight is 442 g/mol. The Hall–Kier alpha value is -2.87. The first kappa shape index (κ1) is 21.4. The zero-order valence-electron chi connectivity index (χ0n) is 17.7. The number of hydrogen-bond acceptors (Lipinski definition) is 6. The number of carbonyl (C=O) groups excluding carboxylic acids is 2. The van der Waals surface area contributed by atoms with E-state index < -0.39 is 5.41 Å². The quantitative estimate of drug-likeness (QED) is 0.500. The second kappa shape index (κ2) is 9.51. The van der Waals surface area contributed by atoms with E-state index in [4.69, 9.17) is 9.47 Å². The lowest BCUT2D eigenvalue weighted by molar-refractivity contribution is -0.161. The summed E-state index contributed by atoms with van der Waals surface area (Å²) in [4.78, 5) is 33.1. The Balaban J connectivity index is 1.43. The molecule has 3 heterocycles. The van der Waals surface area contributed by atoms with Gasteiger partial charge >= 0.3 is 5.97 Å². The van der Waals surface area contributed by atoms with Gasteiger partial charge in [0.2, 0.25) is 5.91 Å². The van der Waals surface area contributed by atoms with Crippen LogP contribution in [0.2, 0.25) is 0 Å². The molecule has 0 bridgehead atoms. The third-order valence-electron chi connectivity index (χ3n) is 5.71. The summed E-state index contributed by atoms with van der Waals surface area (Å²) in [7, 11) is 0. The molecular formula is C23H27N3O4S. The van der Waals surface area contributed by atoms with Gasteiger partial charge in [-0.15, -0.1) is 11.3 Å². The maximum atomic E-state index is 13.0. The van der Waals surface area contributed by atoms with Gasteiger partial charge in [0.15, 0.2) is 4.96 Å². The minimum absolute atomic E-state index is 0.0110. The standard InChI is InChI=1S/C23H27N3O4S/c1-2-29-21(28)23(10-13-30-19-7-4-3-5-8-19)9-6-11-26(17-23)20(27)15-18-16-25-12-14-31-22(25)24-18/h3-5,7-8,12,14,16H,2,6,9-11,13,15,17H2,1H3/t23-/m0/s1. The highest BCUT2D eigenvalue weighted by atomic mass is 32.1. The molecule has 1 atom stereocenters. The number of carbonyl (C=O) groups is 2. The number of aromatic nitrogens is 2. The van der Waals surface area contributed by atoms with Crippen LogP contribution >= 0.6 is 11.3 Å². The van der Waals surface area contributed by atoms with Gasteiger partial charge < -0.3 is 14.4 Å². The number of para-hydroxylation sites is 1. The van der Waals surface area contributed by atoms with Crippen LogP contribution in [0.5, 0.6) is 5.75 Å². The van der Waals surface area contributed by atoms with Crippen LogP contribution < -0.4 is 4.74 Å². The number of esters is 1. The second-order valence-corrected chi connectivity index (χ2v) is 8.71. The van der Waals surface area contributed by atoms with Crippen molar-refractivity contribution in [1.82, 2.24) is 14.3 Å². The van der Waals surface area contributed by atoms with Gasteiger partial charge in [-0.05, 0) is 38.3 Å². The molecule has 7 nitrogen and oxygen atoms in total. The topological polar surface area (TPSA) is 73.1 Å². The summed E-state index contributed by atoms with van der Waals surface area (Å²) < 4.78 is 13.2. The molecule has 1 amide bonds. The second-order valence-electron chi connectivity index (χ2n) is 7.83. The molecule has 1 aromatic carbocycles. The summed E-state index contributed by atoms with van der Waals surface area (Å²) in [5.41, 5.74) is 0.00401. The van der Waals surface area contributed by atoms with Crippen LogP contribution in [0.25, 0.3) is 4.96 Å². The van der Waals surface area contributed by atoms with Crippen molar-refractivity contribution < 1.29 is 19.1 Å². The van der Waals surface area contributed by atoms with Crippen molar-refractivity contribution in [2.45, 2.75) is 32.6 Å². The molecule has 31 heavy (non-hydrogen) atoms. The molecule has 3 aromatic rings. The first-order valence-corrected chi connectivity index (χ1v) is 11.5. The van der Waals surface area contributed by atoms with Gasteiger partial charge in [-0.3, -0.25) is 14.0 Å². The molecule has 4 rings (SSSR count). The zero-order chi connectivity index (χ0) is 21.7. The van der Waals surface area contributed by atoms with E-state index in [1.54, 1.807) is 4.90 Å². The number of ether oxygens (including phenoxy) is 2. The van der Waals surface area contributed by atoms with Gasteiger partial charge in [0.25, 0.3) is 0 Å². The van der Waals surface area contributed by atoms with Gasteiger partial charge in [0.1, 0.15) is 5.75 Å². The molecular weight excluding hydrogens is 414 g/mol. The largest absolute Gasteiger partial charge is 0.494 e. The predicted molar refractivity (Wildman–Crippen MR) is 118 cm³/mol. The Labute approximate surface area is 185 Å². The molecule has 0 N–H and O–H groups in total. The molecule has 0 unspecified atom stereocenters. The minimum atomic E-state index is -0.743. The summed E-state index contributed by atoms with van der Waals surface area (Å²) in [5, 5.41) is 1.96. The Morgan fingerprint density at radius 3 is 2.87 bits per heavy atom. The fourth-order valence-corrected chi connectivity index (χ4v) is 4.83. The number of benzene rings is 1. The zero-order valence-corrected chi connectivity index (χ0v) is 18.5. The van der Waals surface area contributed by atoms with Crippen LogP contribution in [0.3, 0.4) is 0 Å². The highest BCUT2D eigenvalue weighted by Gasteiger charge is 2.44. The third-order valence-corrected chi connectivity index (χ3v) is 6.48. The van der Waals surface area contributed by atoms with Crippen LogP contribution in [0, 0.1) is 5.41 Å². The van der Waals surface area contributed by atoms with E-state index in [1.807, 2.05) is 59.4 Å². The molecule has 0 radical (unpaired) electrons. The summed E-state index contributed by atoms with van der Waals surface area (Å²) >= 11 is 1.54. The molecule has 2 aromatic heterocycles. The molecule has 1 aliphatic rings. The van der Waals surface area contributed by atoms with Crippen molar-refractivity contribution in [3.63, 3.8) is 0 Å². The van der Waals surface area contributed by atoms with Gasteiger partial charge in [0, 0.05) is 30.9 Å². The van der Waals surface area contributed by atoms with Crippen LogP contribution in [-0.4, -0.2) is 52.5 Å². The number of nitrogens with zero attached hydrogens (tertiary/aromatic N) is 3. The van der Waals surface area contributed by atoms with E-state index in [0.717, 1.165) is 22.8 Å². The van der Waals surface area contributed by atoms with Crippen molar-refractivity contribution >= 4 is 28.2 Å². The van der Waals surface area contributed by atoms with Crippen molar-refractivity contribution in [2.75, 3.05) is 26.3 Å². The van der Waals surface area contributed by atoms with Crippen molar-refractivity contribution in [3.8, 4) is 5.75 Å². The summed E-state index contributed by atoms with van der Waals surface area (Å²) in [6.07, 6.45) is 6.00. The maximum absolute atomic E-state index is 13.0. The lowest BCUT2D eigenvalue weighted by Gasteiger charge is -2.41. The summed E-state index contributed by atoms with van der Waals surface area (Å²) in [6, 6.07) is 9.54. The van der Waals surface area contributed by atoms with E-state index in [2.05, 4.69) is 4.98 Å². The summed E-state index contributed by atoms with van der Waals surface area (Å²) in [5.74, 6) is 0.514. The summed E-state index contributed by atoms with van der Waals surface area (Å²) in [6.45, 7) is 3.51. The predicted octanol–water partition coefficient (Wildman–Crippen LogP) is 3.58. The molecule has 164 valence electrons. The van der Waals surface area contributed by atoms with E-state index >= 15 is 0 Å². The molecule has 0 spiro atoms. The molecule has 0 saturated carbocycles. The highest BCUT2D eigenvalue weighted by molar-refractivity contribution is 7.15. The number of amides is 1. The van der Waals surface area contributed by atoms with E-state index in [-0.39, 0.29) is 18.3 Å². The Morgan fingerprint density at radius 2 is 2.10 bits per heavy atom. The number of rotatable bonds is 8. The van der Waals surface area contributed by atoms with Gasteiger partial charge in [-0.2, -0.15) is 0 Å². The van der Waals surface area contributed by atoms with Crippen LogP contribution in [0.4, 0.5) is 0 Å². The normalized spacial score (nSPS) is 18.8. The maximum Gasteiger partial charge on any atom is 0.314 e. The molecule has 8 heteroatoms. The molecule has 1 aliphatic heterocycles. The van der Waals surface area contributed by atoms with E-state index in [1.165, 1.54) is 11.3 Å². The van der Waals surface area contributed by atoms with Crippen molar-refractivity contribution in [1.29, 1.82) is 0 Å². The molecule has 0 aliphatic carbocycles. The minimum Gasteiger partial charge on any atom is -0.494 e. The third kappa shape index (κ3) is 4.90. The van der Waals surface area contributed by atoms with Crippen molar-refractivity contribution in [2.24, 2.45) is 5.41 Å². The number of imidazole rings is 1. The van der Waals surface area contributed by atoms with Crippen LogP contribution in [0.1, 0.15) is 31.9 Å². The Morgan fingerprint density at radius 1 is 1.26 bits per heavy atom. The lowest BCUT2D eigenvalue weighted by atomic mass is 9.77. The van der Waals surface area contributed by atoms with Crippen LogP contribution in [-0.2, 0) is 20.7 Å². The number of fused-ring (bicyclic) bond motifs is 1. The molecule has 1 fully saturated rings. The van der Waals surface area contributed by atoms with E-state index in [0.29, 0.717) is 39.1 Å². The van der Waals surface area contributed by atoms with Crippen molar-refractivity contribution in [3.05, 3.63) is 53.8 Å². The SMILES string of the molecule is CCOC(=O)[C@]1(CCOc2ccccc2)CCCN(C(=O)Cc2cn3ccsc3n2)C1. The van der Waals surface area contributed by atoms with E-state index in [9.17, 15) is 9.59 Å². The monoisotopic (exact) mass is 441 g/mol. The number of hydrogen-bond donors (Lipinski definition) is 0. The Kier molecular flexibility index (Phi) is 6.56. The van der Waals surface area contributed by atoms with Gasteiger partial charge in [0.05, 0.1) is 30.7 Å². The number of thiazole rings is 1. The first-order chi connectivity index (χ1) is 15.1. The highest BCUT2D eigenvalue weighted by Crippen LogP contribution is 2.35. The number of likely N-dealkylation sites (tertiary alicyclic amines) is 1. The fraction of sp³-hybridized carbons (Fsp3) is 0.435.